The number of carboxylic acids is 1. The first kappa shape index (κ1) is 10.9. The van der Waals surface area contributed by atoms with E-state index in [-0.39, 0.29) is 17.4 Å². The number of aromatic amines is 1. The third-order valence-electron chi connectivity index (χ3n) is 3.16. The monoisotopic (exact) mass is 221 g/mol. The molecule has 1 heterocycles. The second-order valence-corrected chi connectivity index (χ2v) is 4.29. The molecule has 1 saturated carbocycles. The van der Waals surface area contributed by atoms with Crippen molar-refractivity contribution in [1.82, 2.24) is 4.98 Å². The molecule has 0 atom stereocenters. The fraction of sp³-hybridized carbons (Fsp3) is 0.500. The van der Waals surface area contributed by atoms with E-state index in [4.69, 9.17) is 5.11 Å². The lowest BCUT2D eigenvalue weighted by atomic mass is 9.85. The number of rotatable bonds is 3. The number of ketones is 1. The molecule has 1 aliphatic rings. The van der Waals surface area contributed by atoms with Crippen LogP contribution in [-0.4, -0.2) is 21.8 Å². The van der Waals surface area contributed by atoms with Crippen molar-refractivity contribution in [3.05, 3.63) is 23.5 Å². The Morgan fingerprint density at radius 3 is 2.31 bits per heavy atom. The van der Waals surface area contributed by atoms with Crippen molar-refractivity contribution in [2.24, 2.45) is 5.92 Å². The van der Waals surface area contributed by atoms with E-state index < -0.39 is 5.97 Å². The highest BCUT2D eigenvalue weighted by atomic mass is 16.4. The summed E-state index contributed by atoms with van der Waals surface area (Å²) in [5.41, 5.74) is 0.517. The predicted molar refractivity (Wildman–Crippen MR) is 58.7 cm³/mol. The molecule has 1 aromatic rings. The first-order valence-corrected chi connectivity index (χ1v) is 5.65. The minimum absolute atomic E-state index is 0.0622. The Kier molecular flexibility index (Phi) is 3.08. The molecule has 0 amide bonds. The highest BCUT2D eigenvalue weighted by molar-refractivity contribution is 5.98. The van der Waals surface area contributed by atoms with E-state index in [2.05, 4.69) is 4.98 Å². The van der Waals surface area contributed by atoms with Crippen molar-refractivity contribution in [3.63, 3.8) is 0 Å². The number of aromatic carboxylic acids is 1. The zero-order valence-electron chi connectivity index (χ0n) is 9.03. The number of H-pyrrole nitrogens is 1. The molecule has 0 saturated heterocycles. The number of hydrogen-bond donors (Lipinski definition) is 2. The number of carbonyl (C=O) groups excluding carboxylic acids is 1. The van der Waals surface area contributed by atoms with Gasteiger partial charge in [0.2, 0.25) is 0 Å². The fourth-order valence-corrected chi connectivity index (χ4v) is 2.25. The number of carboxylic acid groups (broad SMARTS) is 1. The molecule has 0 unspecified atom stereocenters. The lowest BCUT2D eigenvalue weighted by Gasteiger charge is -2.19. The smallest absolute Gasteiger partial charge is 0.352 e. The van der Waals surface area contributed by atoms with Gasteiger partial charge in [0.25, 0.3) is 0 Å². The number of Topliss-reactive ketones (excluding diaryl/α,β-unsaturated/α-hetero) is 1. The lowest BCUT2D eigenvalue weighted by Crippen LogP contribution is -2.18. The average molecular weight is 221 g/mol. The molecule has 2 rings (SSSR count). The summed E-state index contributed by atoms with van der Waals surface area (Å²) >= 11 is 0. The van der Waals surface area contributed by atoms with E-state index in [9.17, 15) is 9.59 Å². The molecule has 0 aliphatic heterocycles. The van der Waals surface area contributed by atoms with Gasteiger partial charge in [-0.25, -0.2) is 4.79 Å². The van der Waals surface area contributed by atoms with Gasteiger partial charge in [0, 0.05) is 5.92 Å². The topological polar surface area (TPSA) is 70.2 Å². The van der Waals surface area contributed by atoms with Gasteiger partial charge in [-0.05, 0) is 25.0 Å². The Morgan fingerprint density at radius 1 is 1.12 bits per heavy atom. The van der Waals surface area contributed by atoms with Gasteiger partial charge in [0.15, 0.2) is 5.78 Å². The summed E-state index contributed by atoms with van der Waals surface area (Å²) in [7, 11) is 0. The molecule has 1 aromatic heterocycles. The van der Waals surface area contributed by atoms with Gasteiger partial charge in [-0.3, -0.25) is 4.79 Å². The van der Waals surface area contributed by atoms with Crippen molar-refractivity contribution in [2.75, 3.05) is 0 Å². The van der Waals surface area contributed by atoms with Crippen LogP contribution in [0.15, 0.2) is 12.1 Å². The van der Waals surface area contributed by atoms with Crippen molar-refractivity contribution in [3.8, 4) is 0 Å². The number of hydrogen-bond acceptors (Lipinski definition) is 2. The van der Waals surface area contributed by atoms with Crippen LogP contribution in [0.1, 0.15) is 53.1 Å². The predicted octanol–water partition coefficient (Wildman–Crippen LogP) is 2.48. The first-order valence-electron chi connectivity index (χ1n) is 5.65. The van der Waals surface area contributed by atoms with Crippen molar-refractivity contribution in [2.45, 2.75) is 32.1 Å². The van der Waals surface area contributed by atoms with E-state index in [0.29, 0.717) is 5.69 Å². The van der Waals surface area contributed by atoms with Crippen LogP contribution in [0.4, 0.5) is 0 Å². The number of carbonyl (C=O) groups is 2. The summed E-state index contributed by atoms with van der Waals surface area (Å²) < 4.78 is 0. The van der Waals surface area contributed by atoms with Gasteiger partial charge in [0.1, 0.15) is 5.69 Å². The SMILES string of the molecule is O=C(O)c1ccc(C(=O)C2CCCCC2)[nH]1. The van der Waals surface area contributed by atoms with Crippen molar-refractivity contribution >= 4 is 11.8 Å². The fourth-order valence-electron chi connectivity index (χ4n) is 2.25. The highest BCUT2D eigenvalue weighted by Crippen LogP contribution is 2.26. The van der Waals surface area contributed by atoms with Gasteiger partial charge in [-0.2, -0.15) is 0 Å². The van der Waals surface area contributed by atoms with Crippen LogP contribution in [0.2, 0.25) is 0 Å². The summed E-state index contributed by atoms with van der Waals surface area (Å²) in [6.07, 6.45) is 5.27. The molecule has 1 aliphatic carbocycles. The molecule has 4 heteroatoms. The van der Waals surface area contributed by atoms with Gasteiger partial charge in [-0.15, -0.1) is 0 Å². The number of aromatic nitrogens is 1. The first-order chi connectivity index (χ1) is 7.68. The Labute approximate surface area is 93.7 Å². The average Bonchev–Trinajstić information content (AvgIpc) is 2.78. The maximum atomic E-state index is 12.0. The van der Waals surface area contributed by atoms with Gasteiger partial charge in [-0.1, -0.05) is 19.3 Å². The molecule has 0 radical (unpaired) electrons. The molecule has 86 valence electrons. The number of nitrogens with one attached hydrogen (secondary N) is 1. The molecular weight excluding hydrogens is 206 g/mol. The minimum Gasteiger partial charge on any atom is -0.477 e. The summed E-state index contributed by atoms with van der Waals surface area (Å²) in [5.74, 6) is -0.885. The molecular formula is C12H15NO3. The Balaban J connectivity index is 2.10. The minimum atomic E-state index is -1.03. The van der Waals surface area contributed by atoms with Crippen LogP contribution >= 0.6 is 0 Å². The maximum absolute atomic E-state index is 12.0. The Bertz CT molecular complexity index is 402. The largest absolute Gasteiger partial charge is 0.477 e. The van der Waals surface area contributed by atoms with Crippen LogP contribution < -0.4 is 0 Å². The second kappa shape index (κ2) is 4.51. The van der Waals surface area contributed by atoms with Gasteiger partial charge < -0.3 is 10.1 Å². The lowest BCUT2D eigenvalue weighted by molar-refractivity contribution is 0.0691. The van der Waals surface area contributed by atoms with Crippen LogP contribution in [-0.2, 0) is 0 Å². The quantitative estimate of drug-likeness (QED) is 0.770. The van der Waals surface area contributed by atoms with Crippen LogP contribution in [0.25, 0.3) is 0 Å². The van der Waals surface area contributed by atoms with Crippen molar-refractivity contribution in [1.29, 1.82) is 0 Å². The maximum Gasteiger partial charge on any atom is 0.352 e. The molecule has 0 aromatic carbocycles. The molecule has 2 N–H and O–H groups in total. The summed E-state index contributed by atoms with van der Waals surface area (Å²) in [6.45, 7) is 0. The summed E-state index contributed by atoms with van der Waals surface area (Å²) in [6, 6.07) is 3.01. The Morgan fingerprint density at radius 2 is 1.75 bits per heavy atom. The van der Waals surface area contributed by atoms with Gasteiger partial charge >= 0.3 is 5.97 Å². The van der Waals surface area contributed by atoms with E-state index in [1.54, 1.807) is 6.07 Å². The second-order valence-electron chi connectivity index (χ2n) is 4.29. The van der Waals surface area contributed by atoms with Crippen molar-refractivity contribution < 1.29 is 14.7 Å². The van der Waals surface area contributed by atoms with Crippen LogP contribution in [0.5, 0.6) is 0 Å². The third kappa shape index (κ3) is 2.15. The molecule has 0 spiro atoms. The van der Waals surface area contributed by atoms with E-state index in [1.165, 1.54) is 12.5 Å². The van der Waals surface area contributed by atoms with E-state index >= 15 is 0 Å². The van der Waals surface area contributed by atoms with Gasteiger partial charge in [0.05, 0.1) is 5.69 Å². The standard InChI is InChI=1S/C12H15NO3/c14-11(8-4-2-1-3-5-8)9-6-7-10(13-9)12(15)16/h6-8,13H,1-5H2,(H,15,16). The normalized spacial score (nSPS) is 17.2. The third-order valence-corrected chi connectivity index (χ3v) is 3.16. The molecule has 16 heavy (non-hydrogen) atoms. The zero-order chi connectivity index (χ0) is 11.5. The molecule has 4 nitrogen and oxygen atoms in total. The van der Waals surface area contributed by atoms with Crippen LogP contribution in [0.3, 0.4) is 0 Å². The van der Waals surface area contributed by atoms with E-state index in [1.807, 2.05) is 0 Å². The van der Waals surface area contributed by atoms with Crippen LogP contribution in [0, 0.1) is 5.92 Å². The van der Waals surface area contributed by atoms with E-state index in [0.717, 1.165) is 25.7 Å². The Hall–Kier alpha value is -1.58. The highest BCUT2D eigenvalue weighted by Gasteiger charge is 2.23. The summed E-state index contributed by atoms with van der Waals surface area (Å²) in [5, 5.41) is 8.75. The molecule has 0 bridgehead atoms. The zero-order valence-corrected chi connectivity index (χ0v) is 9.03. The molecule has 1 fully saturated rings. The summed E-state index contributed by atoms with van der Waals surface area (Å²) in [4.78, 5) is 25.3.